The van der Waals surface area contributed by atoms with Gasteiger partial charge in [0.2, 0.25) is 0 Å². The zero-order valence-corrected chi connectivity index (χ0v) is 25.5. The van der Waals surface area contributed by atoms with E-state index in [4.69, 9.17) is 28.2 Å². The highest BCUT2D eigenvalue weighted by Gasteiger charge is 2.37. The first-order valence-electron chi connectivity index (χ1n) is 14.0. The van der Waals surface area contributed by atoms with E-state index in [9.17, 15) is 9.90 Å². The molecule has 3 N–H and O–H groups in total. The minimum absolute atomic E-state index is 0.204. The van der Waals surface area contributed by atoms with Crippen molar-refractivity contribution in [3.05, 3.63) is 148 Å². The zero-order chi connectivity index (χ0) is 30.8. The number of halogens is 2. The molecule has 0 spiro atoms. The fourth-order valence-electron chi connectivity index (χ4n) is 5.44. The Hall–Kier alpha value is -4.69. The molecule has 0 aliphatic carbocycles. The second-order valence-electron chi connectivity index (χ2n) is 10.6. The van der Waals surface area contributed by atoms with Gasteiger partial charge in [0, 0.05) is 22.5 Å². The van der Waals surface area contributed by atoms with Gasteiger partial charge in [-0.05, 0) is 77.2 Å². The number of hydrogen-bond donors (Lipinski definition) is 3. The molecule has 2 aromatic heterocycles. The average molecular weight is 623 g/mol. The molecule has 4 aromatic carbocycles. The smallest absolute Gasteiger partial charge is 0.320 e. The van der Waals surface area contributed by atoms with Crippen molar-refractivity contribution in [1.29, 1.82) is 0 Å². The Morgan fingerprint density at radius 1 is 0.886 bits per heavy atom. The second-order valence-corrected chi connectivity index (χ2v) is 11.5. The third kappa shape index (κ3) is 5.77. The topological polar surface area (TPSA) is 92.1 Å². The number of nitrogens with one attached hydrogen (secondary N) is 2. The molecule has 44 heavy (non-hydrogen) atoms. The van der Waals surface area contributed by atoms with E-state index < -0.39 is 5.60 Å². The Balaban J connectivity index is 1.46. The fourth-order valence-corrected chi connectivity index (χ4v) is 5.76. The number of fused-ring (bicyclic) bond motifs is 1. The highest BCUT2D eigenvalue weighted by Crippen LogP contribution is 2.40. The summed E-state index contributed by atoms with van der Waals surface area (Å²) in [7, 11) is 1.84. The van der Waals surface area contributed by atoms with Crippen molar-refractivity contribution < 1.29 is 9.90 Å². The first kappa shape index (κ1) is 29.4. The molecule has 0 aliphatic heterocycles. The molecule has 0 fully saturated rings. The molecule has 9 heteroatoms. The van der Waals surface area contributed by atoms with Crippen LogP contribution in [0, 0.1) is 0 Å². The number of anilines is 1. The lowest BCUT2D eigenvalue weighted by Gasteiger charge is -2.30. The number of hydrogen-bond acceptors (Lipinski definition) is 4. The number of aromatic nitrogens is 3. The van der Waals surface area contributed by atoms with Crippen molar-refractivity contribution in [3.8, 4) is 11.1 Å². The van der Waals surface area contributed by atoms with E-state index in [0.717, 1.165) is 22.1 Å². The van der Waals surface area contributed by atoms with Crippen LogP contribution in [-0.4, -0.2) is 25.7 Å². The van der Waals surface area contributed by atoms with Crippen molar-refractivity contribution in [2.24, 2.45) is 7.05 Å². The minimum atomic E-state index is -1.56. The zero-order valence-electron chi connectivity index (χ0n) is 24.0. The quantitative estimate of drug-likeness (QED) is 0.168. The van der Waals surface area contributed by atoms with E-state index in [2.05, 4.69) is 15.6 Å². The number of benzene rings is 4. The Labute approximate surface area is 265 Å². The number of aliphatic hydroxyl groups is 1. The number of amides is 2. The maximum Gasteiger partial charge on any atom is 0.320 e. The summed E-state index contributed by atoms with van der Waals surface area (Å²) in [6, 6.07) is 31.1. The molecule has 0 saturated carbocycles. The van der Waals surface area contributed by atoms with Crippen LogP contribution < -0.4 is 10.6 Å². The van der Waals surface area contributed by atoms with Gasteiger partial charge in [-0.25, -0.2) is 14.8 Å². The average Bonchev–Trinajstić information content (AvgIpc) is 3.47. The maximum absolute atomic E-state index is 13.0. The van der Waals surface area contributed by atoms with Crippen LogP contribution in [0.2, 0.25) is 10.0 Å². The summed E-state index contributed by atoms with van der Waals surface area (Å²) in [6.07, 6.45) is 3.30. The Morgan fingerprint density at radius 3 is 2.34 bits per heavy atom. The summed E-state index contributed by atoms with van der Waals surface area (Å²) >= 11 is 12.6. The van der Waals surface area contributed by atoms with E-state index >= 15 is 0 Å². The van der Waals surface area contributed by atoms with Crippen LogP contribution in [0.25, 0.3) is 22.0 Å². The summed E-state index contributed by atoms with van der Waals surface area (Å²) in [5.41, 5.74) is 3.50. The molecule has 220 valence electrons. The highest BCUT2D eigenvalue weighted by atomic mass is 35.5. The number of rotatable bonds is 7. The lowest BCUT2D eigenvalue weighted by molar-refractivity contribution is 0.117. The molecule has 0 bridgehead atoms. The standard InChI is InChI=1S/C35H29Cl2N5O2/c1-22(23-7-4-3-5-8-23)39-34(43)41-33-19-29(24-9-6-10-28(37)17-24)30-18-26(13-16-31(30)40-33)35(44,32-20-38-21-42(32)2)25-11-14-27(36)15-12-25/h3-22,44H,1-2H3,(H2,39,40,41,43). The number of nitrogens with zero attached hydrogens (tertiary/aromatic N) is 3. The van der Waals surface area contributed by atoms with E-state index in [1.165, 1.54) is 0 Å². The lowest BCUT2D eigenvalue weighted by Crippen LogP contribution is -2.31. The van der Waals surface area contributed by atoms with Crippen molar-refractivity contribution in [2.75, 3.05) is 5.32 Å². The van der Waals surface area contributed by atoms with Crippen LogP contribution in [0.1, 0.15) is 35.3 Å². The molecular formula is C35H29Cl2N5O2. The van der Waals surface area contributed by atoms with E-state index in [1.54, 1.807) is 47.4 Å². The van der Waals surface area contributed by atoms with Gasteiger partial charge >= 0.3 is 6.03 Å². The van der Waals surface area contributed by atoms with Crippen molar-refractivity contribution in [2.45, 2.75) is 18.6 Å². The van der Waals surface area contributed by atoms with Gasteiger partial charge in [0.15, 0.2) is 5.60 Å². The van der Waals surface area contributed by atoms with Gasteiger partial charge in [0.05, 0.1) is 29.8 Å². The molecule has 6 rings (SSSR count). The van der Waals surface area contributed by atoms with Crippen LogP contribution in [0.4, 0.5) is 10.6 Å². The minimum Gasteiger partial charge on any atom is -0.374 e. The van der Waals surface area contributed by atoms with Crippen LogP contribution in [0.5, 0.6) is 0 Å². The Bertz CT molecular complexity index is 1960. The molecule has 2 amide bonds. The highest BCUT2D eigenvalue weighted by molar-refractivity contribution is 6.31. The molecule has 0 saturated heterocycles. The summed E-state index contributed by atoms with van der Waals surface area (Å²) in [5.74, 6) is 0.373. The fraction of sp³-hybridized carbons (Fsp3) is 0.114. The van der Waals surface area contributed by atoms with Gasteiger partial charge in [-0.1, -0.05) is 83.9 Å². The summed E-state index contributed by atoms with van der Waals surface area (Å²) in [4.78, 5) is 22.1. The van der Waals surface area contributed by atoms with E-state index in [0.29, 0.717) is 38.2 Å². The number of pyridine rings is 1. The molecule has 7 nitrogen and oxygen atoms in total. The van der Waals surface area contributed by atoms with Crippen molar-refractivity contribution in [3.63, 3.8) is 0 Å². The summed E-state index contributed by atoms with van der Waals surface area (Å²) in [6.45, 7) is 1.92. The van der Waals surface area contributed by atoms with Crippen LogP contribution in [0.15, 0.2) is 116 Å². The van der Waals surface area contributed by atoms with Crippen molar-refractivity contribution >= 4 is 46.0 Å². The summed E-state index contributed by atoms with van der Waals surface area (Å²) < 4.78 is 1.79. The van der Waals surface area contributed by atoms with Gasteiger partial charge in [-0.2, -0.15) is 0 Å². The molecule has 0 aliphatic rings. The monoisotopic (exact) mass is 621 g/mol. The maximum atomic E-state index is 13.0. The van der Waals surface area contributed by atoms with E-state index in [-0.39, 0.29) is 12.1 Å². The van der Waals surface area contributed by atoms with Gasteiger partial charge in [0.1, 0.15) is 5.82 Å². The van der Waals surface area contributed by atoms with Crippen LogP contribution in [-0.2, 0) is 12.6 Å². The predicted octanol–water partition coefficient (Wildman–Crippen LogP) is 8.11. The van der Waals surface area contributed by atoms with Gasteiger partial charge < -0.3 is 15.0 Å². The SMILES string of the molecule is CC(NC(=O)Nc1cc(-c2cccc(Cl)c2)c2cc(C(O)(c3ccc(Cl)cc3)c3cncn3C)ccc2n1)c1ccccc1. The normalized spacial score (nSPS) is 13.3. The molecular weight excluding hydrogens is 593 g/mol. The molecule has 2 atom stereocenters. The molecule has 6 aromatic rings. The molecule has 2 unspecified atom stereocenters. The molecule has 2 heterocycles. The van der Waals surface area contributed by atoms with Crippen LogP contribution in [0.3, 0.4) is 0 Å². The largest absolute Gasteiger partial charge is 0.374 e. The van der Waals surface area contributed by atoms with Crippen molar-refractivity contribution in [1.82, 2.24) is 19.9 Å². The number of carbonyl (C=O) groups excluding carboxylic acids is 1. The number of urea groups is 1. The number of carbonyl (C=O) groups is 1. The Morgan fingerprint density at radius 2 is 1.64 bits per heavy atom. The first-order valence-corrected chi connectivity index (χ1v) is 14.8. The first-order chi connectivity index (χ1) is 21.2. The van der Waals surface area contributed by atoms with Crippen LogP contribution >= 0.6 is 23.2 Å². The van der Waals surface area contributed by atoms with E-state index in [1.807, 2.05) is 86.8 Å². The summed E-state index contributed by atoms with van der Waals surface area (Å²) in [5, 5.41) is 20.3. The predicted molar refractivity (Wildman–Crippen MR) is 176 cm³/mol. The third-order valence-corrected chi connectivity index (χ3v) is 8.19. The van der Waals surface area contributed by atoms with Gasteiger partial charge in [-0.3, -0.25) is 5.32 Å². The number of imidazole rings is 1. The van der Waals surface area contributed by atoms with Gasteiger partial charge in [-0.15, -0.1) is 0 Å². The number of aryl methyl sites for hydroxylation is 1. The Kier molecular flexibility index (Phi) is 8.10. The third-order valence-electron chi connectivity index (χ3n) is 7.70. The van der Waals surface area contributed by atoms with Gasteiger partial charge in [0.25, 0.3) is 0 Å². The lowest BCUT2D eigenvalue weighted by atomic mass is 9.82. The molecule has 0 radical (unpaired) electrons. The second kappa shape index (κ2) is 12.1.